The van der Waals surface area contributed by atoms with Gasteiger partial charge in [-0.1, -0.05) is 66.7 Å². The Morgan fingerprint density at radius 3 is 1.58 bits per heavy atom. The molecule has 1 aromatic heterocycles. The van der Waals surface area contributed by atoms with E-state index in [-0.39, 0.29) is 0 Å². The van der Waals surface area contributed by atoms with Crippen molar-refractivity contribution in [1.82, 2.24) is 4.37 Å². The minimum atomic E-state index is 1.24. The van der Waals surface area contributed by atoms with Gasteiger partial charge in [-0.3, -0.25) is 0 Å². The van der Waals surface area contributed by atoms with Gasteiger partial charge in [0, 0.05) is 11.6 Å². The normalized spacial score (nSPS) is 10.1. The van der Waals surface area contributed by atoms with Crippen LogP contribution in [0.5, 0.6) is 0 Å². The molecule has 0 radical (unpaired) electrons. The van der Waals surface area contributed by atoms with E-state index in [1.807, 2.05) is 18.3 Å². The maximum absolute atomic E-state index is 4.04. The summed E-state index contributed by atoms with van der Waals surface area (Å²) in [4.78, 5) is 0. The average molecular weight is 263 g/mol. The van der Waals surface area contributed by atoms with Crippen molar-refractivity contribution < 1.29 is 0 Å². The van der Waals surface area contributed by atoms with Gasteiger partial charge in [-0.25, -0.2) is 0 Å². The summed E-state index contributed by atoms with van der Waals surface area (Å²) in [5.41, 5.74) is 0. The van der Waals surface area contributed by atoms with Crippen molar-refractivity contribution >= 4 is 32.4 Å². The van der Waals surface area contributed by atoms with Gasteiger partial charge < -0.3 is 0 Å². The molecule has 92 valence electrons. The first-order valence-corrected chi connectivity index (χ1v) is 6.94. The van der Waals surface area contributed by atoms with Gasteiger partial charge in [-0.05, 0) is 28.4 Å². The Balaban J connectivity index is 0.000000117. The molecule has 0 bridgehead atoms. The van der Waals surface area contributed by atoms with Crippen LogP contribution >= 0.6 is 11.5 Å². The van der Waals surface area contributed by atoms with Crippen LogP contribution in [0.25, 0.3) is 20.9 Å². The molecule has 0 spiro atoms. The fourth-order valence-electron chi connectivity index (χ4n) is 1.94. The lowest BCUT2D eigenvalue weighted by Gasteiger charge is -1.92. The van der Waals surface area contributed by atoms with Crippen LogP contribution in [0.3, 0.4) is 0 Å². The van der Waals surface area contributed by atoms with E-state index in [1.165, 1.54) is 32.4 Å². The average Bonchev–Trinajstić information content (AvgIpc) is 2.96. The van der Waals surface area contributed by atoms with Crippen molar-refractivity contribution in [1.29, 1.82) is 0 Å². The monoisotopic (exact) mass is 263 g/mol. The summed E-state index contributed by atoms with van der Waals surface area (Å²) < 4.78 is 5.30. The molecule has 0 aliphatic carbocycles. The fraction of sp³-hybridized carbons (Fsp3) is 0. The smallest absolute Gasteiger partial charge is 0.0549 e. The summed E-state index contributed by atoms with van der Waals surface area (Å²) in [5.74, 6) is 0. The number of fused-ring (bicyclic) bond motifs is 2. The van der Waals surface area contributed by atoms with Crippen LogP contribution < -0.4 is 0 Å². The maximum Gasteiger partial charge on any atom is 0.0549 e. The molecule has 0 aliphatic rings. The second-order valence-electron chi connectivity index (χ2n) is 4.21. The zero-order valence-electron chi connectivity index (χ0n) is 10.4. The molecule has 0 saturated carbocycles. The molecular weight excluding hydrogens is 250 g/mol. The van der Waals surface area contributed by atoms with Crippen LogP contribution in [0, 0.1) is 0 Å². The highest BCUT2D eigenvalue weighted by atomic mass is 32.1. The van der Waals surface area contributed by atoms with Crippen LogP contribution in [0.15, 0.2) is 79.0 Å². The summed E-state index contributed by atoms with van der Waals surface area (Å²) in [6.45, 7) is 0. The van der Waals surface area contributed by atoms with Gasteiger partial charge in [0.05, 0.1) is 4.70 Å². The van der Waals surface area contributed by atoms with E-state index in [2.05, 4.69) is 65.0 Å². The van der Waals surface area contributed by atoms with Gasteiger partial charge in [0.1, 0.15) is 0 Å². The molecule has 2 heteroatoms. The molecule has 4 rings (SSSR count). The van der Waals surface area contributed by atoms with E-state index in [0.29, 0.717) is 0 Å². The molecule has 0 amide bonds. The Kier molecular flexibility index (Phi) is 3.52. The minimum absolute atomic E-state index is 1.24. The fourth-order valence-corrected chi connectivity index (χ4v) is 2.59. The number of nitrogens with zero attached hydrogens (tertiary/aromatic N) is 1. The van der Waals surface area contributed by atoms with E-state index in [9.17, 15) is 0 Å². The second kappa shape index (κ2) is 5.63. The second-order valence-corrected chi connectivity index (χ2v) is 5.04. The van der Waals surface area contributed by atoms with Gasteiger partial charge >= 0.3 is 0 Å². The Labute approximate surface area is 116 Å². The topological polar surface area (TPSA) is 12.9 Å². The lowest BCUT2D eigenvalue weighted by Crippen LogP contribution is -1.67. The molecule has 1 nitrogen and oxygen atoms in total. The Hall–Kier alpha value is -2.19. The molecule has 19 heavy (non-hydrogen) atoms. The van der Waals surface area contributed by atoms with Crippen LogP contribution in [-0.2, 0) is 0 Å². The highest BCUT2D eigenvalue weighted by Crippen LogP contribution is 2.15. The molecule has 0 atom stereocenters. The highest BCUT2D eigenvalue weighted by molar-refractivity contribution is 7.13. The molecule has 0 N–H and O–H groups in total. The molecule has 3 aromatic carbocycles. The van der Waals surface area contributed by atoms with Crippen molar-refractivity contribution in [3.05, 3.63) is 79.0 Å². The first-order chi connectivity index (χ1) is 9.43. The van der Waals surface area contributed by atoms with Gasteiger partial charge in [0.2, 0.25) is 0 Å². The van der Waals surface area contributed by atoms with Crippen molar-refractivity contribution in [3.63, 3.8) is 0 Å². The van der Waals surface area contributed by atoms with Crippen LogP contribution in [0.1, 0.15) is 0 Å². The van der Waals surface area contributed by atoms with Gasteiger partial charge in [0.25, 0.3) is 0 Å². The molecule has 0 fully saturated rings. The molecule has 0 unspecified atom stereocenters. The molecule has 0 saturated heterocycles. The zero-order chi connectivity index (χ0) is 12.9. The Bertz CT molecular complexity index is 693. The number of hydrogen-bond donors (Lipinski definition) is 0. The van der Waals surface area contributed by atoms with Gasteiger partial charge in [0.15, 0.2) is 0 Å². The van der Waals surface area contributed by atoms with E-state index >= 15 is 0 Å². The zero-order valence-corrected chi connectivity index (χ0v) is 11.2. The van der Waals surface area contributed by atoms with Gasteiger partial charge in [-0.2, -0.15) is 4.37 Å². The Morgan fingerprint density at radius 1 is 0.579 bits per heavy atom. The van der Waals surface area contributed by atoms with Crippen molar-refractivity contribution in [2.75, 3.05) is 0 Å². The largest absolute Gasteiger partial charge is 0.200 e. The summed E-state index contributed by atoms with van der Waals surface area (Å²) in [6.07, 6.45) is 1.89. The highest BCUT2D eigenvalue weighted by Gasteiger charge is 1.89. The summed E-state index contributed by atoms with van der Waals surface area (Å²) in [5, 5.41) is 3.86. The SMILES string of the molecule is c1ccc2ccccc2c1.c1ccc2sncc2c1. The lowest BCUT2D eigenvalue weighted by molar-refractivity contribution is 1.61. The third-order valence-electron chi connectivity index (χ3n) is 2.92. The first kappa shape index (κ1) is 11.9. The number of hydrogen-bond acceptors (Lipinski definition) is 2. The van der Waals surface area contributed by atoms with E-state index in [0.717, 1.165) is 0 Å². The standard InChI is InChI=1S/C10H8.C7H5NS/c1-2-6-10-8-4-3-7-9(10)5-1;1-2-4-7-6(3-1)5-8-9-7/h1-8H;1-5H. The van der Waals surface area contributed by atoms with E-state index in [1.54, 1.807) is 0 Å². The molecule has 4 aromatic rings. The van der Waals surface area contributed by atoms with Crippen LogP contribution in [-0.4, -0.2) is 4.37 Å². The number of benzene rings is 3. The predicted molar refractivity (Wildman–Crippen MR) is 83.6 cm³/mol. The minimum Gasteiger partial charge on any atom is -0.200 e. The first-order valence-electron chi connectivity index (χ1n) is 6.17. The van der Waals surface area contributed by atoms with E-state index < -0.39 is 0 Å². The lowest BCUT2D eigenvalue weighted by atomic mass is 10.1. The van der Waals surface area contributed by atoms with Gasteiger partial charge in [-0.15, -0.1) is 0 Å². The van der Waals surface area contributed by atoms with Crippen molar-refractivity contribution in [2.24, 2.45) is 0 Å². The van der Waals surface area contributed by atoms with E-state index in [4.69, 9.17) is 0 Å². The third-order valence-corrected chi connectivity index (χ3v) is 3.70. The maximum atomic E-state index is 4.04. The molecule has 1 heterocycles. The molecular formula is C17H13NS. The van der Waals surface area contributed by atoms with Crippen LogP contribution in [0.2, 0.25) is 0 Å². The Morgan fingerprint density at radius 2 is 1.05 bits per heavy atom. The quantitative estimate of drug-likeness (QED) is 0.428. The van der Waals surface area contributed by atoms with Crippen molar-refractivity contribution in [3.8, 4) is 0 Å². The number of rotatable bonds is 0. The number of aromatic nitrogens is 1. The third kappa shape index (κ3) is 2.80. The predicted octanol–water partition coefficient (Wildman–Crippen LogP) is 5.14. The van der Waals surface area contributed by atoms with Crippen molar-refractivity contribution in [2.45, 2.75) is 0 Å². The summed E-state index contributed by atoms with van der Waals surface area (Å²) in [6, 6.07) is 24.9. The summed E-state index contributed by atoms with van der Waals surface area (Å²) >= 11 is 1.54. The molecule has 0 aliphatic heterocycles. The summed E-state index contributed by atoms with van der Waals surface area (Å²) in [7, 11) is 0. The van der Waals surface area contributed by atoms with Crippen LogP contribution in [0.4, 0.5) is 0 Å².